The Bertz CT molecular complexity index is 3400. The molecule has 13 rings (SSSR count). The van der Waals surface area contributed by atoms with Crippen LogP contribution < -0.4 is 4.90 Å². The lowest BCUT2D eigenvalue weighted by Crippen LogP contribution is -2.26. The molecule has 0 fully saturated rings. The predicted molar refractivity (Wildman–Crippen MR) is 271 cm³/mol. The van der Waals surface area contributed by atoms with Crippen LogP contribution in [0.25, 0.3) is 66.8 Å². The predicted octanol–water partition coefficient (Wildman–Crippen LogP) is 16.8. The van der Waals surface area contributed by atoms with E-state index in [4.69, 9.17) is 0 Å². The van der Waals surface area contributed by atoms with Gasteiger partial charge in [-0.15, -0.1) is 0 Å². The second-order valence-corrected chi connectivity index (χ2v) is 18.4. The minimum atomic E-state index is -0.563. The van der Waals surface area contributed by atoms with Crippen LogP contribution >= 0.6 is 0 Å². The SMILES string of the molecule is CC1(C)c2ccccc2-c2ccc(N(c3ccc(-c4ccccc4)cc3)c3cccc4c3-c3ccccc3C43c4cc(-c5ccccc5)ccc4-c4ccc(-c5ccccc5)cc43)cc21. The fourth-order valence-electron chi connectivity index (χ4n) is 11.7. The van der Waals surface area contributed by atoms with Crippen molar-refractivity contribution in [2.24, 2.45) is 0 Å². The second kappa shape index (κ2) is 14.3. The molecule has 0 heterocycles. The number of benzene rings is 10. The van der Waals surface area contributed by atoms with Crippen molar-refractivity contribution in [3.63, 3.8) is 0 Å². The second-order valence-electron chi connectivity index (χ2n) is 18.4. The van der Waals surface area contributed by atoms with Crippen LogP contribution in [0.4, 0.5) is 17.1 Å². The van der Waals surface area contributed by atoms with E-state index in [9.17, 15) is 0 Å². The Morgan fingerprint density at radius 3 is 1.32 bits per heavy atom. The molecule has 1 heteroatoms. The maximum atomic E-state index is 2.53. The Morgan fingerprint density at radius 1 is 0.277 bits per heavy atom. The molecule has 0 saturated carbocycles. The van der Waals surface area contributed by atoms with Gasteiger partial charge in [-0.05, 0) is 137 Å². The standard InChI is InChI=1S/C64H45N/c1-63(2)55-25-14-12-23-50(55)51-38-35-49(41-58(51)63)65(48-33-29-45(30-34-48)42-17-6-3-7-18-42)61-28-16-27-57-62(61)54-24-13-15-26-56(54)64(57)59-39-46(43-19-8-4-9-20-43)31-36-52(59)53-37-32-47(40-60(53)64)44-21-10-5-11-22-44/h3-41H,1-2H3. The van der Waals surface area contributed by atoms with Crippen LogP contribution in [0, 0.1) is 0 Å². The van der Waals surface area contributed by atoms with Crippen molar-refractivity contribution < 1.29 is 0 Å². The zero-order chi connectivity index (χ0) is 43.3. The Morgan fingerprint density at radius 2 is 0.708 bits per heavy atom. The normalized spacial score (nSPS) is 13.9. The first-order valence-corrected chi connectivity index (χ1v) is 22.8. The van der Waals surface area contributed by atoms with Crippen molar-refractivity contribution in [1.82, 2.24) is 0 Å². The van der Waals surface area contributed by atoms with Gasteiger partial charge in [0.2, 0.25) is 0 Å². The topological polar surface area (TPSA) is 3.24 Å². The lowest BCUT2D eigenvalue weighted by molar-refractivity contribution is 0.660. The first-order valence-electron chi connectivity index (χ1n) is 22.8. The van der Waals surface area contributed by atoms with Gasteiger partial charge >= 0.3 is 0 Å². The third kappa shape index (κ3) is 5.46. The smallest absolute Gasteiger partial charge is 0.0726 e. The van der Waals surface area contributed by atoms with E-state index in [0.29, 0.717) is 0 Å². The highest BCUT2D eigenvalue weighted by Crippen LogP contribution is 2.65. The van der Waals surface area contributed by atoms with Gasteiger partial charge in [-0.1, -0.05) is 208 Å². The molecule has 0 radical (unpaired) electrons. The minimum absolute atomic E-state index is 0.149. The van der Waals surface area contributed by atoms with E-state index in [0.717, 1.165) is 11.4 Å². The average Bonchev–Trinajstić information content (AvgIpc) is 3.93. The molecule has 0 amide bonds. The molecular formula is C64H45N. The van der Waals surface area contributed by atoms with E-state index in [1.807, 2.05) is 0 Å². The largest absolute Gasteiger partial charge is 0.310 e. The average molecular weight is 828 g/mol. The Balaban J connectivity index is 1.09. The molecule has 0 unspecified atom stereocenters. The summed E-state index contributed by atoms with van der Waals surface area (Å²) in [5.74, 6) is 0. The summed E-state index contributed by atoms with van der Waals surface area (Å²) in [6.45, 7) is 4.76. The summed E-state index contributed by atoms with van der Waals surface area (Å²) in [5, 5.41) is 0. The summed E-state index contributed by atoms with van der Waals surface area (Å²) < 4.78 is 0. The summed E-state index contributed by atoms with van der Waals surface area (Å²) in [5.41, 5.74) is 25.8. The number of hydrogen-bond donors (Lipinski definition) is 0. The van der Waals surface area contributed by atoms with Gasteiger partial charge in [0.1, 0.15) is 0 Å². The monoisotopic (exact) mass is 827 g/mol. The minimum Gasteiger partial charge on any atom is -0.310 e. The highest BCUT2D eigenvalue weighted by molar-refractivity contribution is 6.02. The zero-order valence-electron chi connectivity index (χ0n) is 36.5. The van der Waals surface area contributed by atoms with Gasteiger partial charge in [0.05, 0.1) is 11.1 Å². The summed E-state index contributed by atoms with van der Waals surface area (Å²) in [6, 6.07) is 88.4. The third-order valence-electron chi connectivity index (χ3n) is 14.7. The van der Waals surface area contributed by atoms with Crippen LogP contribution in [0.15, 0.2) is 237 Å². The fraction of sp³-hybridized carbons (Fsp3) is 0.0625. The molecule has 0 N–H and O–H groups in total. The van der Waals surface area contributed by atoms with E-state index in [2.05, 4.69) is 255 Å². The fourth-order valence-corrected chi connectivity index (χ4v) is 11.7. The van der Waals surface area contributed by atoms with Gasteiger partial charge < -0.3 is 4.90 Å². The maximum absolute atomic E-state index is 2.53. The summed E-state index contributed by atoms with van der Waals surface area (Å²) in [6.07, 6.45) is 0. The van der Waals surface area contributed by atoms with Crippen molar-refractivity contribution in [2.45, 2.75) is 24.7 Å². The number of hydrogen-bond acceptors (Lipinski definition) is 1. The molecular weight excluding hydrogens is 783 g/mol. The first-order chi connectivity index (χ1) is 32.0. The Kier molecular flexibility index (Phi) is 8.24. The van der Waals surface area contributed by atoms with Crippen LogP contribution in [0.5, 0.6) is 0 Å². The summed E-state index contributed by atoms with van der Waals surface area (Å²) >= 11 is 0. The molecule has 306 valence electrons. The number of anilines is 3. The molecule has 10 aromatic carbocycles. The Labute approximate surface area is 381 Å². The molecule has 10 aromatic rings. The van der Waals surface area contributed by atoms with Crippen LogP contribution in [0.3, 0.4) is 0 Å². The lowest BCUT2D eigenvalue weighted by atomic mass is 9.70. The number of fused-ring (bicyclic) bond motifs is 13. The first kappa shape index (κ1) is 37.5. The molecule has 0 aliphatic heterocycles. The van der Waals surface area contributed by atoms with Crippen LogP contribution in [-0.2, 0) is 10.8 Å². The van der Waals surface area contributed by atoms with Gasteiger partial charge in [0.15, 0.2) is 0 Å². The molecule has 65 heavy (non-hydrogen) atoms. The number of nitrogens with zero attached hydrogens (tertiary/aromatic N) is 1. The van der Waals surface area contributed by atoms with Crippen LogP contribution in [0.2, 0.25) is 0 Å². The van der Waals surface area contributed by atoms with Gasteiger partial charge in [-0.3, -0.25) is 0 Å². The lowest BCUT2D eigenvalue weighted by Gasteiger charge is -2.32. The van der Waals surface area contributed by atoms with Gasteiger partial charge in [-0.2, -0.15) is 0 Å². The number of rotatable bonds is 6. The summed E-state index contributed by atoms with van der Waals surface area (Å²) in [7, 11) is 0. The third-order valence-corrected chi connectivity index (χ3v) is 14.7. The van der Waals surface area contributed by atoms with Gasteiger partial charge in [0, 0.05) is 22.4 Å². The van der Waals surface area contributed by atoms with E-state index in [1.165, 1.54) is 106 Å². The molecule has 0 bridgehead atoms. The quantitative estimate of drug-likeness (QED) is 0.161. The molecule has 3 aliphatic carbocycles. The molecule has 1 nitrogen and oxygen atoms in total. The zero-order valence-corrected chi connectivity index (χ0v) is 36.5. The van der Waals surface area contributed by atoms with Crippen molar-refractivity contribution >= 4 is 17.1 Å². The molecule has 1 spiro atoms. The molecule has 0 saturated heterocycles. The molecule has 3 aliphatic rings. The van der Waals surface area contributed by atoms with E-state index in [1.54, 1.807) is 0 Å². The highest BCUT2D eigenvalue weighted by Gasteiger charge is 2.53. The van der Waals surface area contributed by atoms with Crippen molar-refractivity contribution in [3.8, 4) is 66.8 Å². The van der Waals surface area contributed by atoms with Crippen molar-refractivity contribution in [1.29, 1.82) is 0 Å². The van der Waals surface area contributed by atoms with Crippen LogP contribution in [-0.4, -0.2) is 0 Å². The van der Waals surface area contributed by atoms with E-state index in [-0.39, 0.29) is 5.41 Å². The van der Waals surface area contributed by atoms with Crippen molar-refractivity contribution in [3.05, 3.63) is 270 Å². The van der Waals surface area contributed by atoms with E-state index >= 15 is 0 Å². The van der Waals surface area contributed by atoms with Crippen LogP contribution in [0.1, 0.15) is 47.2 Å². The highest BCUT2D eigenvalue weighted by atomic mass is 15.1. The molecule has 0 atom stereocenters. The van der Waals surface area contributed by atoms with Crippen molar-refractivity contribution in [2.75, 3.05) is 4.90 Å². The maximum Gasteiger partial charge on any atom is 0.0726 e. The van der Waals surface area contributed by atoms with E-state index < -0.39 is 5.41 Å². The molecule has 0 aromatic heterocycles. The van der Waals surface area contributed by atoms with Gasteiger partial charge in [0.25, 0.3) is 0 Å². The Hall–Kier alpha value is -8.00. The van der Waals surface area contributed by atoms with Gasteiger partial charge in [-0.25, -0.2) is 0 Å². The summed E-state index contributed by atoms with van der Waals surface area (Å²) in [4.78, 5) is 2.53.